The summed E-state index contributed by atoms with van der Waals surface area (Å²) in [6, 6.07) is 18.7. The number of aromatic amines is 1. The summed E-state index contributed by atoms with van der Waals surface area (Å²) in [7, 11) is 0. The van der Waals surface area contributed by atoms with E-state index in [2.05, 4.69) is 50.1 Å². The number of para-hydroxylation sites is 1. The Kier molecular flexibility index (Phi) is 7.16. The Hall–Kier alpha value is -3.27. The molecule has 0 saturated carbocycles. The van der Waals surface area contributed by atoms with E-state index in [-0.39, 0.29) is 17.8 Å². The highest BCUT2D eigenvalue weighted by atomic mass is 32.1. The van der Waals surface area contributed by atoms with Gasteiger partial charge in [0.2, 0.25) is 5.95 Å². The van der Waals surface area contributed by atoms with Crippen molar-refractivity contribution in [1.82, 2.24) is 25.6 Å². The first kappa shape index (κ1) is 24.1. The lowest BCUT2D eigenvalue weighted by molar-refractivity contribution is 0.388. The number of aromatic nitrogens is 3. The standard InChI is InChI=1S/C28H33N7OS/c36-26-24(27-32-21-12-4-5-13-22(21)37-27)25(31-20-11-8-15-29-18-20)33-28(34-26)35-16-7-6-14-23(35)30-17-19-9-2-1-3-10-19/h1-5,9-10,12-13,20,23,29-30H,6-8,11,14-18H2,(H2,31,33,34,36)/t20-,23?/m1/s1. The van der Waals surface area contributed by atoms with Crippen LogP contribution in [0.3, 0.4) is 0 Å². The van der Waals surface area contributed by atoms with Crippen LogP contribution in [0.5, 0.6) is 0 Å². The van der Waals surface area contributed by atoms with Crippen molar-refractivity contribution in [3.63, 3.8) is 0 Å². The first-order valence-electron chi connectivity index (χ1n) is 13.3. The lowest BCUT2D eigenvalue weighted by Gasteiger charge is -2.37. The highest BCUT2D eigenvalue weighted by Gasteiger charge is 2.27. The molecular formula is C28H33N7OS. The van der Waals surface area contributed by atoms with E-state index in [1.54, 1.807) is 0 Å². The van der Waals surface area contributed by atoms with Crippen molar-refractivity contribution >= 4 is 33.3 Å². The zero-order valence-electron chi connectivity index (χ0n) is 20.9. The molecule has 192 valence electrons. The molecule has 2 atom stereocenters. The highest BCUT2D eigenvalue weighted by molar-refractivity contribution is 7.21. The molecule has 2 saturated heterocycles. The van der Waals surface area contributed by atoms with Crippen LogP contribution in [0, 0.1) is 0 Å². The molecule has 0 spiro atoms. The van der Waals surface area contributed by atoms with E-state index in [0.29, 0.717) is 22.3 Å². The monoisotopic (exact) mass is 515 g/mol. The molecule has 2 aliphatic rings. The molecule has 8 nitrogen and oxygen atoms in total. The third kappa shape index (κ3) is 5.39. The van der Waals surface area contributed by atoms with Crippen molar-refractivity contribution < 1.29 is 0 Å². The van der Waals surface area contributed by atoms with Crippen molar-refractivity contribution in [2.45, 2.75) is 50.9 Å². The molecule has 6 rings (SSSR count). The van der Waals surface area contributed by atoms with Gasteiger partial charge in [-0.2, -0.15) is 4.98 Å². The minimum Gasteiger partial charge on any atom is -0.365 e. The third-order valence-electron chi connectivity index (χ3n) is 7.21. The highest BCUT2D eigenvalue weighted by Crippen LogP contribution is 2.33. The zero-order chi connectivity index (χ0) is 25.0. The van der Waals surface area contributed by atoms with Gasteiger partial charge in [-0.05, 0) is 56.3 Å². The Morgan fingerprint density at radius 1 is 1.00 bits per heavy atom. The zero-order valence-corrected chi connectivity index (χ0v) is 21.7. The average Bonchev–Trinajstić information content (AvgIpc) is 3.37. The van der Waals surface area contributed by atoms with Gasteiger partial charge in [0.15, 0.2) is 0 Å². The van der Waals surface area contributed by atoms with Crippen molar-refractivity contribution in [2.24, 2.45) is 0 Å². The second-order valence-corrected chi connectivity index (χ2v) is 10.9. The molecular weight excluding hydrogens is 482 g/mol. The minimum atomic E-state index is -0.150. The van der Waals surface area contributed by atoms with Gasteiger partial charge in [0.1, 0.15) is 16.4 Å². The van der Waals surface area contributed by atoms with Crippen LogP contribution in [0.15, 0.2) is 59.4 Å². The van der Waals surface area contributed by atoms with Crippen molar-refractivity contribution in [3.05, 3.63) is 70.5 Å². The van der Waals surface area contributed by atoms with Gasteiger partial charge in [-0.3, -0.25) is 15.1 Å². The van der Waals surface area contributed by atoms with Crippen LogP contribution in [0.2, 0.25) is 0 Å². The Labute approximate surface area is 220 Å². The van der Waals surface area contributed by atoms with E-state index in [1.165, 1.54) is 16.9 Å². The summed E-state index contributed by atoms with van der Waals surface area (Å²) in [5, 5.41) is 11.5. The summed E-state index contributed by atoms with van der Waals surface area (Å²) in [6.07, 6.45) is 5.47. The SMILES string of the molecule is O=c1[nH]c(N2CCCCC2NCc2ccccc2)nc(N[C@@H]2CCCNC2)c1-c1nc2ccccc2s1. The van der Waals surface area contributed by atoms with Gasteiger partial charge in [0, 0.05) is 25.7 Å². The first-order chi connectivity index (χ1) is 18.2. The van der Waals surface area contributed by atoms with Gasteiger partial charge in [-0.15, -0.1) is 11.3 Å². The molecule has 4 heterocycles. The smallest absolute Gasteiger partial charge is 0.264 e. The molecule has 0 radical (unpaired) electrons. The Balaban J connectivity index is 1.35. The molecule has 0 aliphatic carbocycles. The average molecular weight is 516 g/mol. The number of nitrogens with one attached hydrogen (secondary N) is 4. The molecule has 0 bridgehead atoms. The van der Waals surface area contributed by atoms with Crippen molar-refractivity contribution in [2.75, 3.05) is 29.9 Å². The Morgan fingerprint density at radius 2 is 1.86 bits per heavy atom. The van der Waals surface area contributed by atoms with E-state index >= 15 is 0 Å². The van der Waals surface area contributed by atoms with Gasteiger partial charge in [-0.25, -0.2) is 4.98 Å². The number of piperidine rings is 2. The molecule has 1 unspecified atom stereocenters. The molecule has 9 heteroatoms. The predicted octanol–water partition coefficient (Wildman–Crippen LogP) is 4.32. The van der Waals surface area contributed by atoms with E-state index < -0.39 is 0 Å². The fourth-order valence-corrected chi connectivity index (χ4v) is 6.29. The van der Waals surface area contributed by atoms with Crippen LogP contribution in [-0.4, -0.2) is 46.8 Å². The minimum absolute atomic E-state index is 0.106. The van der Waals surface area contributed by atoms with Crippen molar-refractivity contribution in [1.29, 1.82) is 0 Å². The van der Waals surface area contributed by atoms with E-state index in [1.807, 2.05) is 30.3 Å². The number of hydrogen-bond donors (Lipinski definition) is 4. The van der Waals surface area contributed by atoms with Crippen LogP contribution in [0.1, 0.15) is 37.7 Å². The largest absolute Gasteiger partial charge is 0.365 e. The first-order valence-corrected chi connectivity index (χ1v) is 14.1. The summed E-state index contributed by atoms with van der Waals surface area (Å²) in [5.74, 6) is 1.24. The fourth-order valence-electron chi connectivity index (χ4n) is 5.28. The number of hydrogen-bond acceptors (Lipinski definition) is 8. The maximum atomic E-state index is 13.7. The Bertz CT molecular complexity index is 1360. The lowest BCUT2D eigenvalue weighted by atomic mass is 10.1. The number of rotatable bonds is 7. The number of thiazole rings is 1. The maximum Gasteiger partial charge on any atom is 0.264 e. The van der Waals surface area contributed by atoms with Crippen LogP contribution < -0.4 is 26.4 Å². The number of nitrogens with zero attached hydrogens (tertiary/aromatic N) is 3. The quantitative estimate of drug-likeness (QED) is 0.291. The Morgan fingerprint density at radius 3 is 2.70 bits per heavy atom. The fraction of sp³-hybridized carbons (Fsp3) is 0.393. The van der Waals surface area contributed by atoms with Crippen LogP contribution in [-0.2, 0) is 6.54 Å². The van der Waals surface area contributed by atoms with Crippen LogP contribution >= 0.6 is 11.3 Å². The molecule has 37 heavy (non-hydrogen) atoms. The van der Waals surface area contributed by atoms with Crippen LogP contribution in [0.4, 0.5) is 11.8 Å². The van der Waals surface area contributed by atoms with Crippen molar-refractivity contribution in [3.8, 4) is 10.6 Å². The maximum absolute atomic E-state index is 13.7. The van der Waals surface area contributed by atoms with Gasteiger partial charge in [0.25, 0.3) is 5.56 Å². The predicted molar refractivity (Wildman–Crippen MR) is 151 cm³/mol. The summed E-state index contributed by atoms with van der Waals surface area (Å²) in [4.78, 5) is 28.9. The molecule has 2 aromatic heterocycles. The van der Waals surface area contributed by atoms with Gasteiger partial charge in [-0.1, -0.05) is 42.5 Å². The molecule has 2 aliphatic heterocycles. The van der Waals surface area contributed by atoms with Crippen LogP contribution in [0.25, 0.3) is 20.8 Å². The third-order valence-corrected chi connectivity index (χ3v) is 8.27. The molecule has 2 aromatic carbocycles. The molecule has 4 N–H and O–H groups in total. The number of anilines is 2. The number of H-pyrrole nitrogens is 1. The molecule has 2 fully saturated rings. The summed E-state index contributed by atoms with van der Waals surface area (Å²) in [5.41, 5.74) is 2.52. The lowest BCUT2D eigenvalue weighted by Crippen LogP contribution is -2.50. The summed E-state index contributed by atoms with van der Waals surface area (Å²) in [6.45, 7) is 3.50. The van der Waals surface area contributed by atoms with E-state index in [9.17, 15) is 4.79 Å². The number of benzene rings is 2. The van der Waals surface area contributed by atoms with Gasteiger partial charge < -0.3 is 15.5 Å². The normalized spacial score (nSPS) is 20.3. The van der Waals surface area contributed by atoms with E-state index in [0.717, 1.165) is 68.5 Å². The second kappa shape index (κ2) is 11.0. The molecule has 4 aromatic rings. The topological polar surface area (TPSA) is 98.0 Å². The van der Waals surface area contributed by atoms with E-state index in [4.69, 9.17) is 9.97 Å². The number of fused-ring (bicyclic) bond motifs is 1. The molecule has 0 amide bonds. The summed E-state index contributed by atoms with van der Waals surface area (Å²) >= 11 is 1.54. The van der Waals surface area contributed by atoms with Gasteiger partial charge in [0.05, 0.1) is 16.4 Å². The second-order valence-electron chi connectivity index (χ2n) is 9.86. The summed E-state index contributed by atoms with van der Waals surface area (Å²) < 4.78 is 1.06. The van der Waals surface area contributed by atoms with Gasteiger partial charge >= 0.3 is 0 Å².